The predicted molar refractivity (Wildman–Crippen MR) is 168 cm³/mol. The number of rotatable bonds is 11. The zero-order chi connectivity index (χ0) is 32.3. The van der Waals surface area contributed by atoms with Gasteiger partial charge < -0.3 is 15.2 Å². The molecule has 236 valence electrons. The van der Waals surface area contributed by atoms with Crippen LogP contribution in [0.1, 0.15) is 48.9 Å². The normalized spacial score (nSPS) is 13.4. The van der Waals surface area contributed by atoms with Crippen LogP contribution in [0.15, 0.2) is 61.2 Å². The molecule has 5 aromatic rings. The van der Waals surface area contributed by atoms with Crippen LogP contribution in [-0.2, 0) is 19.8 Å². The van der Waals surface area contributed by atoms with E-state index in [1.165, 1.54) is 31.7 Å². The number of alkyl halides is 3. The lowest BCUT2D eigenvalue weighted by atomic mass is 9.93. The van der Waals surface area contributed by atoms with Gasteiger partial charge in [0, 0.05) is 49.9 Å². The van der Waals surface area contributed by atoms with Crippen molar-refractivity contribution in [3.05, 3.63) is 78.0 Å². The van der Waals surface area contributed by atoms with Crippen LogP contribution < -0.4 is 10.6 Å². The summed E-state index contributed by atoms with van der Waals surface area (Å²) in [5.41, 5.74) is 4.00. The molecule has 0 saturated heterocycles. The van der Waals surface area contributed by atoms with E-state index in [9.17, 15) is 13.2 Å². The molecule has 13 heteroatoms. The molecular weight excluding hydrogens is 593 g/mol. The molecule has 1 aliphatic rings. The Kier molecular flexibility index (Phi) is 8.81. The Labute approximate surface area is 264 Å². The van der Waals surface area contributed by atoms with Crippen molar-refractivity contribution in [2.45, 2.75) is 57.8 Å². The maximum Gasteiger partial charge on any atom is 0.416 e. The fourth-order valence-electron chi connectivity index (χ4n) is 5.34. The summed E-state index contributed by atoms with van der Waals surface area (Å²) in [6.07, 6.45) is 5.04. The first-order chi connectivity index (χ1) is 22.2. The van der Waals surface area contributed by atoms with E-state index in [-0.39, 0.29) is 0 Å². The molecule has 2 N–H and O–H groups in total. The molecule has 0 atom stereocenters. The number of aryl methyl sites for hydroxylation is 2. The summed E-state index contributed by atoms with van der Waals surface area (Å²) in [5.74, 6) is 1.25. The first kappa shape index (κ1) is 30.9. The van der Waals surface area contributed by atoms with E-state index in [4.69, 9.17) is 15.2 Å². The third-order valence-electron chi connectivity index (χ3n) is 8.12. The number of hydrogen-bond donors (Lipinski definition) is 2. The second-order valence-electron chi connectivity index (χ2n) is 11.5. The summed E-state index contributed by atoms with van der Waals surface area (Å²) in [5, 5.41) is 28.4. The standard InChI is InChI=1S/C33H33F3N10/c1-21-8-10-26(18-39-25-6-5-7-25)42-31(21)23-17-41-46(19-23)30-15-22(14-29(43-30)38-13-4-3-12-37)28-16-24(33(34,35)36)9-11-27(28)32-44-40-20-45(32)2/h8-11,14-17,19-20,25,39H,3-7,13,18H2,1-2H3,(H,38,43). The Hall–Kier alpha value is -5.09. The van der Waals surface area contributed by atoms with Gasteiger partial charge in [-0.1, -0.05) is 12.5 Å². The zero-order valence-electron chi connectivity index (χ0n) is 25.5. The number of nitrogens with zero attached hydrogens (tertiary/aromatic N) is 8. The van der Waals surface area contributed by atoms with Crippen molar-refractivity contribution >= 4 is 5.82 Å². The van der Waals surface area contributed by atoms with Crippen molar-refractivity contribution in [3.8, 4) is 45.7 Å². The first-order valence-corrected chi connectivity index (χ1v) is 15.1. The second-order valence-corrected chi connectivity index (χ2v) is 11.5. The van der Waals surface area contributed by atoms with Crippen LogP contribution in [0.3, 0.4) is 0 Å². The zero-order valence-corrected chi connectivity index (χ0v) is 25.5. The molecular formula is C33H33F3N10. The van der Waals surface area contributed by atoms with Crippen LogP contribution in [0.5, 0.6) is 0 Å². The Balaban J connectivity index is 1.41. The molecule has 4 heterocycles. The van der Waals surface area contributed by atoms with Crippen LogP contribution in [0.2, 0.25) is 0 Å². The fraction of sp³-hybridized carbons (Fsp3) is 0.333. The minimum absolute atomic E-state index is 0.311. The largest absolute Gasteiger partial charge is 0.416 e. The second kappa shape index (κ2) is 13.1. The number of pyridine rings is 2. The molecule has 0 spiro atoms. The fourth-order valence-corrected chi connectivity index (χ4v) is 5.34. The van der Waals surface area contributed by atoms with Gasteiger partial charge in [0.25, 0.3) is 0 Å². The van der Waals surface area contributed by atoms with Crippen LogP contribution in [0.25, 0.3) is 39.6 Å². The number of benzene rings is 1. The van der Waals surface area contributed by atoms with Gasteiger partial charge in [0.05, 0.1) is 29.2 Å². The van der Waals surface area contributed by atoms with Crippen molar-refractivity contribution in [2.24, 2.45) is 7.05 Å². The van der Waals surface area contributed by atoms with Gasteiger partial charge in [0.1, 0.15) is 12.1 Å². The van der Waals surface area contributed by atoms with Crippen LogP contribution >= 0.6 is 0 Å². The molecule has 4 aromatic heterocycles. The molecule has 0 bridgehead atoms. The van der Waals surface area contributed by atoms with Gasteiger partial charge in [0.15, 0.2) is 11.6 Å². The van der Waals surface area contributed by atoms with E-state index >= 15 is 0 Å². The Morgan fingerprint density at radius 3 is 2.61 bits per heavy atom. The third-order valence-corrected chi connectivity index (χ3v) is 8.12. The van der Waals surface area contributed by atoms with E-state index in [1.807, 2.05) is 25.3 Å². The number of unbranched alkanes of at least 4 members (excludes halogenated alkanes) is 1. The number of nitriles is 1. The maximum absolute atomic E-state index is 13.9. The third kappa shape index (κ3) is 6.77. The monoisotopic (exact) mass is 626 g/mol. The van der Waals surface area contributed by atoms with Crippen LogP contribution in [-0.4, -0.2) is 47.1 Å². The topological polar surface area (TPSA) is 122 Å². The lowest BCUT2D eigenvalue weighted by Crippen LogP contribution is -2.34. The van der Waals surface area contributed by atoms with E-state index in [0.29, 0.717) is 66.1 Å². The number of halogens is 3. The van der Waals surface area contributed by atoms with Gasteiger partial charge in [-0.25, -0.2) is 9.67 Å². The van der Waals surface area contributed by atoms with Crippen molar-refractivity contribution in [3.63, 3.8) is 0 Å². The summed E-state index contributed by atoms with van der Waals surface area (Å²) in [6.45, 7) is 3.13. The van der Waals surface area contributed by atoms with E-state index in [0.717, 1.165) is 34.6 Å². The number of anilines is 1. The lowest BCUT2D eigenvalue weighted by molar-refractivity contribution is -0.137. The predicted octanol–water partition coefficient (Wildman–Crippen LogP) is 6.48. The highest BCUT2D eigenvalue weighted by atomic mass is 19.4. The summed E-state index contributed by atoms with van der Waals surface area (Å²) in [4.78, 5) is 9.65. The van der Waals surface area contributed by atoms with Crippen molar-refractivity contribution in [2.75, 3.05) is 11.9 Å². The molecule has 0 unspecified atom stereocenters. The molecule has 6 rings (SSSR count). The molecule has 1 saturated carbocycles. The quantitative estimate of drug-likeness (QED) is 0.160. The minimum Gasteiger partial charge on any atom is -0.370 e. The Morgan fingerprint density at radius 1 is 1.04 bits per heavy atom. The number of aromatic nitrogens is 7. The van der Waals surface area contributed by atoms with Gasteiger partial charge in [-0.3, -0.25) is 4.98 Å². The van der Waals surface area contributed by atoms with Crippen molar-refractivity contribution < 1.29 is 13.2 Å². The van der Waals surface area contributed by atoms with Gasteiger partial charge in [-0.2, -0.15) is 23.5 Å². The van der Waals surface area contributed by atoms with Gasteiger partial charge in [-0.15, -0.1) is 10.2 Å². The maximum atomic E-state index is 13.9. The van der Waals surface area contributed by atoms with Crippen molar-refractivity contribution in [1.82, 2.24) is 39.8 Å². The SMILES string of the molecule is Cc1ccc(CNC2CCC2)nc1-c1cnn(-c2cc(-c3cc(C(F)(F)F)ccc3-c3nncn3C)cc(NCCCC#N)n2)c1. The van der Waals surface area contributed by atoms with Crippen LogP contribution in [0.4, 0.5) is 19.0 Å². The average Bonchev–Trinajstić information content (AvgIpc) is 3.68. The smallest absolute Gasteiger partial charge is 0.370 e. The molecule has 1 aliphatic carbocycles. The summed E-state index contributed by atoms with van der Waals surface area (Å²) in [6, 6.07) is 13.7. The minimum atomic E-state index is -4.55. The summed E-state index contributed by atoms with van der Waals surface area (Å²) < 4.78 is 45.0. The van der Waals surface area contributed by atoms with Crippen LogP contribution in [0, 0.1) is 18.3 Å². The van der Waals surface area contributed by atoms with Crippen molar-refractivity contribution in [1.29, 1.82) is 5.26 Å². The first-order valence-electron chi connectivity index (χ1n) is 15.1. The Bertz CT molecular complexity index is 1880. The summed E-state index contributed by atoms with van der Waals surface area (Å²) in [7, 11) is 1.73. The molecule has 46 heavy (non-hydrogen) atoms. The van der Waals surface area contributed by atoms with E-state index < -0.39 is 11.7 Å². The lowest BCUT2D eigenvalue weighted by Gasteiger charge is -2.26. The highest BCUT2D eigenvalue weighted by Gasteiger charge is 2.32. The highest BCUT2D eigenvalue weighted by molar-refractivity contribution is 5.83. The van der Waals surface area contributed by atoms with Gasteiger partial charge >= 0.3 is 6.18 Å². The van der Waals surface area contributed by atoms with E-state index in [2.05, 4.69) is 32.0 Å². The molecule has 1 aromatic carbocycles. The molecule has 10 nitrogen and oxygen atoms in total. The Morgan fingerprint density at radius 2 is 1.89 bits per heavy atom. The van der Waals surface area contributed by atoms with Gasteiger partial charge in [0.2, 0.25) is 0 Å². The molecule has 0 aliphatic heterocycles. The summed E-state index contributed by atoms with van der Waals surface area (Å²) >= 11 is 0. The molecule has 0 radical (unpaired) electrons. The van der Waals surface area contributed by atoms with E-state index in [1.54, 1.807) is 34.6 Å². The number of hydrogen-bond acceptors (Lipinski definition) is 8. The van der Waals surface area contributed by atoms with Gasteiger partial charge in [-0.05, 0) is 79.3 Å². The number of nitrogens with one attached hydrogen (secondary N) is 2. The average molecular weight is 627 g/mol. The highest BCUT2D eigenvalue weighted by Crippen LogP contribution is 2.38. The molecule has 1 fully saturated rings. The molecule has 0 amide bonds.